The Kier molecular flexibility index (Phi) is 7.55. The molecule has 1 nitrogen and oxygen atoms in total. The van der Waals surface area contributed by atoms with Crippen LogP contribution in [-0.4, -0.2) is 21.3 Å². The summed E-state index contributed by atoms with van der Waals surface area (Å²) in [6.07, 6.45) is 0. The molecule has 0 amide bonds. The molecule has 0 fully saturated rings. The zero-order valence-corrected chi connectivity index (χ0v) is 20.1. The van der Waals surface area contributed by atoms with E-state index in [-0.39, 0.29) is 0 Å². The molecule has 26 heavy (non-hydrogen) atoms. The molecular formula is C23H36OSi2. The molecule has 142 valence electrons. The minimum atomic E-state index is -1.92. The van der Waals surface area contributed by atoms with Crippen LogP contribution in [0.2, 0.25) is 36.3 Å². The highest BCUT2D eigenvalue weighted by atomic mass is 28.3. The van der Waals surface area contributed by atoms with Gasteiger partial charge in [-0.25, -0.2) is 0 Å². The van der Waals surface area contributed by atoms with Gasteiger partial charge in [0.25, 0.3) is 0 Å². The molecule has 0 aromatic heterocycles. The highest BCUT2D eigenvalue weighted by Gasteiger charge is 2.42. The number of aliphatic hydroxyl groups is 1. The number of rotatable bonds is 4. The van der Waals surface area contributed by atoms with E-state index in [2.05, 4.69) is 84.1 Å². The van der Waals surface area contributed by atoms with Gasteiger partial charge in [-0.2, -0.15) is 0 Å². The summed E-state index contributed by atoms with van der Waals surface area (Å²) < 4.78 is 0. The van der Waals surface area contributed by atoms with Crippen molar-refractivity contribution in [2.24, 2.45) is 0 Å². The highest BCUT2D eigenvalue weighted by molar-refractivity contribution is 6.90. The van der Waals surface area contributed by atoms with Gasteiger partial charge in [0.2, 0.25) is 5.60 Å². The Morgan fingerprint density at radius 1 is 0.769 bits per heavy atom. The molecule has 1 aromatic carbocycles. The maximum Gasteiger partial charge on any atom is 0.212 e. The van der Waals surface area contributed by atoms with Gasteiger partial charge in [0.05, 0.1) is 0 Å². The van der Waals surface area contributed by atoms with Gasteiger partial charge in [-0.05, 0) is 16.6 Å². The third kappa shape index (κ3) is 5.37. The number of hydrogen-bond donors (Lipinski definition) is 1. The summed E-state index contributed by atoms with van der Waals surface area (Å²) in [5, 5.41) is 11.5. The standard InChI is InChI=1S/C23H36OSi2/c1-19(2)26(20(3)4,21(5)6)18-16-23(24,15-17-25(7,8)9)22-13-11-10-12-14-22/h10-14,19-21,24H,1-9H3. The van der Waals surface area contributed by atoms with E-state index in [1.54, 1.807) is 0 Å². The van der Waals surface area contributed by atoms with E-state index < -0.39 is 21.7 Å². The molecule has 1 atom stereocenters. The summed E-state index contributed by atoms with van der Waals surface area (Å²) in [4.78, 5) is 0. The van der Waals surface area contributed by atoms with E-state index in [1.165, 1.54) is 0 Å². The third-order valence-corrected chi connectivity index (χ3v) is 12.3. The fourth-order valence-corrected chi connectivity index (χ4v) is 9.58. The molecule has 0 bridgehead atoms. The first-order valence-electron chi connectivity index (χ1n) is 9.71. The Hall–Kier alpha value is -1.27. The first-order valence-corrected chi connectivity index (χ1v) is 15.4. The third-order valence-electron chi connectivity index (χ3n) is 5.14. The fourth-order valence-electron chi connectivity index (χ4n) is 3.76. The summed E-state index contributed by atoms with van der Waals surface area (Å²) in [5.74, 6) is 6.44. The van der Waals surface area contributed by atoms with Crippen LogP contribution in [0.1, 0.15) is 47.1 Å². The predicted molar refractivity (Wildman–Crippen MR) is 120 cm³/mol. The lowest BCUT2D eigenvalue weighted by Crippen LogP contribution is -2.43. The summed E-state index contributed by atoms with van der Waals surface area (Å²) in [6, 6.07) is 9.69. The van der Waals surface area contributed by atoms with Gasteiger partial charge in [0.15, 0.2) is 0 Å². The van der Waals surface area contributed by atoms with Crippen LogP contribution in [0.5, 0.6) is 0 Å². The van der Waals surface area contributed by atoms with Crippen LogP contribution in [0.3, 0.4) is 0 Å². The second-order valence-corrected chi connectivity index (χ2v) is 19.6. The van der Waals surface area contributed by atoms with E-state index in [1.807, 2.05) is 30.3 Å². The van der Waals surface area contributed by atoms with Crippen molar-refractivity contribution in [3.05, 3.63) is 35.9 Å². The van der Waals surface area contributed by atoms with E-state index in [0.717, 1.165) is 5.56 Å². The summed E-state index contributed by atoms with van der Waals surface area (Å²) in [5.41, 5.74) is 7.96. The molecule has 0 aliphatic rings. The fraction of sp³-hybridized carbons (Fsp3) is 0.565. The van der Waals surface area contributed by atoms with Crippen LogP contribution in [0.15, 0.2) is 30.3 Å². The van der Waals surface area contributed by atoms with E-state index in [0.29, 0.717) is 16.6 Å². The van der Waals surface area contributed by atoms with E-state index in [4.69, 9.17) is 0 Å². The van der Waals surface area contributed by atoms with Gasteiger partial charge in [0, 0.05) is 5.56 Å². The van der Waals surface area contributed by atoms with Crippen molar-refractivity contribution in [2.45, 2.75) is 83.4 Å². The SMILES string of the molecule is CC(C)[Si](C#CC(O)(C#C[Si](C)(C)C)c1ccccc1)(C(C)C)C(C)C. The normalized spacial score (nSPS) is 14.5. The molecule has 0 aliphatic heterocycles. The van der Waals surface area contributed by atoms with Crippen molar-refractivity contribution in [3.63, 3.8) is 0 Å². The van der Waals surface area contributed by atoms with Gasteiger partial charge in [-0.15, -0.1) is 11.1 Å². The average Bonchev–Trinajstić information content (AvgIpc) is 2.52. The Balaban J connectivity index is 3.61. The number of benzene rings is 1. The zero-order chi connectivity index (χ0) is 20.2. The van der Waals surface area contributed by atoms with Gasteiger partial charge >= 0.3 is 0 Å². The van der Waals surface area contributed by atoms with Gasteiger partial charge in [-0.1, -0.05) is 103 Å². The quantitative estimate of drug-likeness (QED) is 0.500. The first kappa shape index (κ1) is 22.8. The maximum atomic E-state index is 11.5. The molecule has 0 spiro atoms. The molecule has 1 aromatic rings. The molecule has 1 unspecified atom stereocenters. The maximum absolute atomic E-state index is 11.5. The zero-order valence-electron chi connectivity index (χ0n) is 18.1. The van der Waals surface area contributed by atoms with Crippen molar-refractivity contribution in [1.82, 2.24) is 0 Å². The molecule has 0 aliphatic carbocycles. The smallest absolute Gasteiger partial charge is 0.212 e. The van der Waals surface area contributed by atoms with Crippen molar-refractivity contribution in [2.75, 3.05) is 0 Å². The molecular weight excluding hydrogens is 348 g/mol. The van der Waals surface area contributed by atoms with Crippen LogP contribution < -0.4 is 0 Å². The molecule has 1 rings (SSSR count). The van der Waals surface area contributed by atoms with Crippen LogP contribution in [-0.2, 0) is 5.60 Å². The molecule has 1 N–H and O–H groups in total. The van der Waals surface area contributed by atoms with Crippen LogP contribution in [0.4, 0.5) is 0 Å². The Morgan fingerprint density at radius 2 is 1.19 bits per heavy atom. The average molecular weight is 385 g/mol. The van der Waals surface area contributed by atoms with Crippen molar-refractivity contribution >= 4 is 16.1 Å². The predicted octanol–water partition coefficient (Wildman–Crippen LogP) is 5.98. The Morgan fingerprint density at radius 3 is 1.58 bits per heavy atom. The summed E-state index contributed by atoms with van der Waals surface area (Å²) >= 11 is 0. The molecule has 0 radical (unpaired) electrons. The molecule has 0 saturated heterocycles. The van der Waals surface area contributed by atoms with E-state index in [9.17, 15) is 5.11 Å². The van der Waals surface area contributed by atoms with E-state index >= 15 is 0 Å². The van der Waals surface area contributed by atoms with Crippen LogP contribution in [0, 0.1) is 22.9 Å². The second-order valence-electron chi connectivity index (χ2n) is 9.22. The number of hydrogen-bond acceptors (Lipinski definition) is 1. The molecule has 0 saturated carbocycles. The lowest BCUT2D eigenvalue weighted by molar-refractivity contribution is 0.165. The lowest BCUT2D eigenvalue weighted by Gasteiger charge is -2.38. The molecule has 3 heteroatoms. The molecule has 0 heterocycles. The first-order chi connectivity index (χ1) is 11.8. The second kappa shape index (κ2) is 8.61. The largest absolute Gasteiger partial charge is 0.364 e. The van der Waals surface area contributed by atoms with Gasteiger partial charge in [-0.3, -0.25) is 0 Å². The van der Waals surface area contributed by atoms with Gasteiger partial charge < -0.3 is 5.11 Å². The highest BCUT2D eigenvalue weighted by Crippen LogP contribution is 2.41. The monoisotopic (exact) mass is 384 g/mol. The topological polar surface area (TPSA) is 20.2 Å². The van der Waals surface area contributed by atoms with Crippen molar-refractivity contribution in [3.8, 4) is 22.9 Å². The van der Waals surface area contributed by atoms with Crippen molar-refractivity contribution in [1.29, 1.82) is 0 Å². The van der Waals surface area contributed by atoms with Crippen LogP contribution >= 0.6 is 0 Å². The summed E-state index contributed by atoms with van der Waals surface area (Å²) in [7, 11) is -3.54. The Bertz CT molecular complexity index is 684. The van der Waals surface area contributed by atoms with Crippen molar-refractivity contribution < 1.29 is 5.11 Å². The lowest BCUT2D eigenvalue weighted by atomic mass is 9.96. The van der Waals surface area contributed by atoms with Gasteiger partial charge in [0.1, 0.15) is 16.1 Å². The minimum absolute atomic E-state index is 0.528. The Labute approximate surface area is 163 Å². The summed E-state index contributed by atoms with van der Waals surface area (Å²) in [6.45, 7) is 20.3. The minimum Gasteiger partial charge on any atom is -0.364 e. The van der Waals surface area contributed by atoms with Crippen LogP contribution in [0.25, 0.3) is 0 Å².